The number of ether oxygens (including phenoxy) is 1. The quantitative estimate of drug-likeness (QED) is 0.182. The van der Waals surface area contributed by atoms with Crippen LogP contribution in [0.25, 0.3) is 22.3 Å². The highest BCUT2D eigenvalue weighted by Crippen LogP contribution is 2.37. The van der Waals surface area contributed by atoms with Gasteiger partial charge in [-0.1, -0.05) is 79.8 Å². The third-order valence-electron chi connectivity index (χ3n) is 6.74. The van der Waals surface area contributed by atoms with Crippen LogP contribution in [0.4, 0.5) is 0 Å². The lowest BCUT2D eigenvalue weighted by atomic mass is 10.0. The lowest BCUT2D eigenvalue weighted by Gasteiger charge is -2.09. The Hall–Kier alpha value is -4.99. The third-order valence-corrected chi connectivity index (χ3v) is 6.97. The first-order valence-corrected chi connectivity index (χ1v) is 13.7. The van der Waals surface area contributed by atoms with Crippen LogP contribution < -0.4 is 4.74 Å². The van der Waals surface area contributed by atoms with Gasteiger partial charge in [0.25, 0.3) is 0 Å². The van der Waals surface area contributed by atoms with Crippen molar-refractivity contribution in [1.29, 1.82) is 0 Å². The van der Waals surface area contributed by atoms with Crippen molar-refractivity contribution >= 4 is 34.3 Å². The molecule has 0 aliphatic carbocycles. The second kappa shape index (κ2) is 12.3. The maximum atomic E-state index is 12.7. The Morgan fingerprint density at radius 1 is 0.952 bits per heavy atom. The topological polar surface area (TPSA) is 97.0 Å². The molecule has 0 unspecified atom stereocenters. The molecule has 0 radical (unpaired) electrons. The molecule has 0 saturated heterocycles. The van der Waals surface area contributed by atoms with E-state index in [1.165, 1.54) is 17.7 Å². The summed E-state index contributed by atoms with van der Waals surface area (Å²) in [5.41, 5.74) is 3.85. The Kier molecular flexibility index (Phi) is 8.33. The number of aromatic hydroxyl groups is 1. The van der Waals surface area contributed by atoms with Gasteiger partial charge in [0, 0.05) is 34.0 Å². The number of Topliss-reactive ketones (excluding diaryl/α,β-unsaturated/α-hetero) is 1. The lowest BCUT2D eigenvalue weighted by Crippen LogP contribution is -2.13. The van der Waals surface area contributed by atoms with Gasteiger partial charge in [-0.05, 0) is 53.4 Å². The number of aromatic carboxylic acids is 1. The molecule has 0 aliphatic rings. The van der Waals surface area contributed by atoms with Gasteiger partial charge in [-0.2, -0.15) is 0 Å². The Balaban J connectivity index is 1.44. The number of carbonyl (C=O) groups is 2. The van der Waals surface area contributed by atoms with Gasteiger partial charge in [0.15, 0.2) is 11.5 Å². The Labute approximate surface area is 248 Å². The number of carbonyl (C=O) groups excluding carboxylic acids is 1. The average molecular weight is 579 g/mol. The molecule has 42 heavy (non-hydrogen) atoms. The zero-order valence-corrected chi connectivity index (χ0v) is 23.7. The van der Waals surface area contributed by atoms with Gasteiger partial charge in [-0.3, -0.25) is 4.79 Å². The van der Waals surface area contributed by atoms with Crippen LogP contribution in [0.2, 0.25) is 5.02 Å². The van der Waals surface area contributed by atoms with Crippen molar-refractivity contribution < 1.29 is 29.0 Å². The molecule has 0 atom stereocenters. The molecule has 4 aromatic carbocycles. The standard InChI is InChI=1S/C35H27ClO6/c1-21(2)24-12-9-23(10-13-24)16-27(37)20-41-28-8-4-6-25(17-28)34-29(14-11-22-5-3-7-26(36)15-22)30-18-31(35(39)40)32(38)19-33(30)42-34/h3-10,12-13,15,17-19,21,38H,16,20H2,1-2H3,(H,39,40). The van der Waals surface area contributed by atoms with Gasteiger partial charge in [-0.15, -0.1) is 0 Å². The predicted octanol–water partition coefficient (Wildman–Crippen LogP) is 7.87. The van der Waals surface area contributed by atoms with Crippen LogP contribution in [0, 0.1) is 11.8 Å². The highest BCUT2D eigenvalue weighted by molar-refractivity contribution is 6.30. The van der Waals surface area contributed by atoms with Crippen LogP contribution in [-0.2, 0) is 11.2 Å². The van der Waals surface area contributed by atoms with Crippen LogP contribution in [0.5, 0.6) is 11.5 Å². The summed E-state index contributed by atoms with van der Waals surface area (Å²) in [6, 6.07) is 24.7. The van der Waals surface area contributed by atoms with Crippen molar-refractivity contribution in [2.45, 2.75) is 26.2 Å². The molecular formula is C35H27ClO6. The van der Waals surface area contributed by atoms with E-state index in [1.807, 2.05) is 24.3 Å². The summed E-state index contributed by atoms with van der Waals surface area (Å²) in [7, 11) is 0. The highest BCUT2D eigenvalue weighted by atomic mass is 35.5. The molecule has 0 amide bonds. The van der Waals surface area contributed by atoms with Crippen LogP contribution in [0.15, 0.2) is 89.3 Å². The second-order valence-corrected chi connectivity index (χ2v) is 10.6. The second-order valence-electron chi connectivity index (χ2n) is 10.2. The van der Waals surface area contributed by atoms with Crippen molar-refractivity contribution in [2.24, 2.45) is 0 Å². The fourth-order valence-corrected chi connectivity index (χ4v) is 4.71. The molecule has 0 bridgehead atoms. The molecule has 0 fully saturated rings. The number of furan rings is 1. The SMILES string of the molecule is CC(C)c1ccc(CC(=O)COc2cccc(-c3oc4cc(O)c(C(=O)O)cc4c3C#Cc3cccc(Cl)c3)c2)cc1. The number of phenols is 1. The molecule has 5 aromatic rings. The van der Waals surface area contributed by atoms with E-state index in [0.29, 0.717) is 44.5 Å². The van der Waals surface area contributed by atoms with E-state index in [9.17, 15) is 19.8 Å². The Morgan fingerprint density at radius 2 is 1.71 bits per heavy atom. The molecule has 1 heterocycles. The summed E-state index contributed by atoms with van der Waals surface area (Å²) in [5.74, 6) is 5.65. The number of carboxylic acids is 1. The molecule has 1 aromatic heterocycles. The summed E-state index contributed by atoms with van der Waals surface area (Å²) in [5, 5.41) is 20.8. The fraction of sp³-hybridized carbons (Fsp3) is 0.143. The number of benzene rings is 4. The summed E-state index contributed by atoms with van der Waals surface area (Å²) in [6.45, 7) is 4.14. The zero-order valence-electron chi connectivity index (χ0n) is 23.0. The van der Waals surface area contributed by atoms with Crippen molar-refractivity contribution in [2.75, 3.05) is 6.61 Å². The molecule has 0 saturated carbocycles. The molecule has 0 aliphatic heterocycles. The van der Waals surface area contributed by atoms with Crippen molar-refractivity contribution in [1.82, 2.24) is 0 Å². The normalized spacial score (nSPS) is 10.9. The first-order valence-electron chi connectivity index (χ1n) is 13.3. The molecule has 7 heteroatoms. The minimum absolute atomic E-state index is 0.0637. The maximum Gasteiger partial charge on any atom is 0.339 e. The fourth-order valence-electron chi connectivity index (χ4n) is 4.52. The first kappa shape index (κ1) is 28.5. The summed E-state index contributed by atoms with van der Waals surface area (Å²) in [6.07, 6.45) is 0.264. The van der Waals surface area contributed by atoms with Crippen LogP contribution in [-0.4, -0.2) is 28.6 Å². The molecule has 6 nitrogen and oxygen atoms in total. The Bertz CT molecular complexity index is 1850. The molecule has 2 N–H and O–H groups in total. The first-order chi connectivity index (χ1) is 20.2. The number of fused-ring (bicyclic) bond motifs is 1. The van der Waals surface area contributed by atoms with E-state index in [2.05, 4.69) is 25.7 Å². The lowest BCUT2D eigenvalue weighted by molar-refractivity contribution is -0.120. The van der Waals surface area contributed by atoms with Gasteiger partial charge in [0.2, 0.25) is 0 Å². The van der Waals surface area contributed by atoms with Crippen molar-refractivity contribution in [3.8, 4) is 34.7 Å². The molecule has 210 valence electrons. The van der Waals surface area contributed by atoms with Crippen LogP contribution >= 0.6 is 11.6 Å². The Morgan fingerprint density at radius 3 is 2.43 bits per heavy atom. The largest absolute Gasteiger partial charge is 0.507 e. The molecule has 0 spiro atoms. The van der Waals surface area contributed by atoms with E-state index < -0.39 is 11.7 Å². The van der Waals surface area contributed by atoms with E-state index in [1.54, 1.807) is 48.5 Å². The van der Waals surface area contributed by atoms with Crippen LogP contribution in [0.3, 0.4) is 0 Å². The minimum atomic E-state index is -1.28. The van der Waals surface area contributed by atoms with E-state index >= 15 is 0 Å². The highest BCUT2D eigenvalue weighted by Gasteiger charge is 2.20. The summed E-state index contributed by atoms with van der Waals surface area (Å²) in [4.78, 5) is 24.4. The van der Waals surface area contributed by atoms with Gasteiger partial charge in [0.05, 0.1) is 5.56 Å². The monoisotopic (exact) mass is 578 g/mol. The van der Waals surface area contributed by atoms with Gasteiger partial charge >= 0.3 is 5.97 Å². The van der Waals surface area contributed by atoms with Crippen molar-refractivity contribution in [3.05, 3.63) is 118 Å². The predicted molar refractivity (Wildman–Crippen MR) is 162 cm³/mol. The van der Waals surface area contributed by atoms with Crippen molar-refractivity contribution in [3.63, 3.8) is 0 Å². The number of rotatable bonds is 8. The van der Waals surface area contributed by atoms with E-state index in [0.717, 1.165) is 5.56 Å². The zero-order chi connectivity index (χ0) is 29.8. The average Bonchev–Trinajstić information content (AvgIpc) is 3.32. The molecule has 5 rings (SSSR count). The smallest absolute Gasteiger partial charge is 0.339 e. The van der Waals surface area contributed by atoms with Gasteiger partial charge in [-0.25, -0.2) is 4.79 Å². The minimum Gasteiger partial charge on any atom is -0.507 e. The van der Waals surface area contributed by atoms with E-state index in [4.69, 9.17) is 20.8 Å². The maximum absolute atomic E-state index is 12.7. The van der Waals surface area contributed by atoms with Gasteiger partial charge in [0.1, 0.15) is 29.3 Å². The summed E-state index contributed by atoms with van der Waals surface area (Å²) < 4.78 is 11.9. The molecular weight excluding hydrogens is 552 g/mol. The number of hydrogen-bond acceptors (Lipinski definition) is 5. The van der Waals surface area contributed by atoms with Crippen LogP contribution in [0.1, 0.15) is 52.4 Å². The number of carboxylic acid groups (broad SMARTS) is 1. The van der Waals surface area contributed by atoms with Gasteiger partial charge < -0.3 is 19.4 Å². The number of hydrogen-bond donors (Lipinski definition) is 2. The number of halogens is 1. The third kappa shape index (κ3) is 6.49. The summed E-state index contributed by atoms with van der Waals surface area (Å²) >= 11 is 6.12. The number of ketones is 1. The van der Waals surface area contributed by atoms with E-state index in [-0.39, 0.29) is 30.0 Å².